The summed E-state index contributed by atoms with van der Waals surface area (Å²) in [6, 6.07) is 10.2. The number of nitrogens with zero attached hydrogens (tertiary/aromatic N) is 2. The van der Waals surface area contributed by atoms with Crippen LogP contribution in [0.2, 0.25) is 0 Å². The highest BCUT2D eigenvalue weighted by atomic mass is 35.5. The fourth-order valence-electron chi connectivity index (χ4n) is 2.46. The maximum atomic E-state index is 11.6. The van der Waals surface area contributed by atoms with E-state index in [-0.39, 0.29) is 11.3 Å². The number of halogens is 1. The van der Waals surface area contributed by atoms with Crippen LogP contribution in [-0.4, -0.2) is 34.3 Å². The van der Waals surface area contributed by atoms with Crippen molar-refractivity contribution in [2.45, 2.75) is 18.2 Å². The Morgan fingerprint density at radius 2 is 2.11 bits per heavy atom. The van der Waals surface area contributed by atoms with Gasteiger partial charge in [-0.1, -0.05) is 24.3 Å². The SMILES string of the molecule is O=C1CC(Cl)CN1CCc1cc2ccccc2cn1. The van der Waals surface area contributed by atoms with Crippen LogP contribution >= 0.6 is 11.6 Å². The lowest BCUT2D eigenvalue weighted by Gasteiger charge is -2.15. The predicted molar refractivity (Wildman–Crippen MR) is 76.3 cm³/mol. The van der Waals surface area contributed by atoms with Crippen LogP contribution in [0.15, 0.2) is 36.5 Å². The number of benzene rings is 1. The van der Waals surface area contributed by atoms with Gasteiger partial charge < -0.3 is 4.90 Å². The molecule has 98 valence electrons. The lowest BCUT2D eigenvalue weighted by Crippen LogP contribution is -2.27. The van der Waals surface area contributed by atoms with Gasteiger partial charge in [0.15, 0.2) is 0 Å². The lowest BCUT2D eigenvalue weighted by molar-refractivity contribution is -0.127. The molecule has 0 aliphatic carbocycles. The molecule has 3 nitrogen and oxygen atoms in total. The third kappa shape index (κ3) is 2.71. The Labute approximate surface area is 117 Å². The van der Waals surface area contributed by atoms with Gasteiger partial charge in [0.2, 0.25) is 5.91 Å². The summed E-state index contributed by atoms with van der Waals surface area (Å²) in [6.45, 7) is 1.36. The zero-order chi connectivity index (χ0) is 13.2. The number of alkyl halides is 1. The van der Waals surface area contributed by atoms with Crippen molar-refractivity contribution in [3.8, 4) is 0 Å². The molecule has 2 heterocycles. The topological polar surface area (TPSA) is 33.2 Å². The van der Waals surface area contributed by atoms with Crippen molar-refractivity contribution in [1.29, 1.82) is 0 Å². The standard InChI is InChI=1S/C15H15ClN2O/c16-13-8-15(19)18(10-13)6-5-14-7-11-3-1-2-4-12(11)9-17-14/h1-4,7,9,13H,5-6,8,10H2. The molecule has 2 aromatic rings. The first-order chi connectivity index (χ1) is 9.22. The monoisotopic (exact) mass is 274 g/mol. The van der Waals surface area contributed by atoms with Gasteiger partial charge in [-0.05, 0) is 11.5 Å². The minimum atomic E-state index is -0.0305. The van der Waals surface area contributed by atoms with E-state index < -0.39 is 0 Å². The first-order valence-electron chi connectivity index (χ1n) is 6.48. The van der Waals surface area contributed by atoms with E-state index in [9.17, 15) is 4.79 Å². The summed E-state index contributed by atoms with van der Waals surface area (Å²) in [5.74, 6) is 0.154. The van der Waals surface area contributed by atoms with Crippen LogP contribution in [0.5, 0.6) is 0 Å². The molecule has 1 aliphatic heterocycles. The molecule has 0 N–H and O–H groups in total. The third-order valence-electron chi connectivity index (χ3n) is 3.49. The van der Waals surface area contributed by atoms with E-state index in [2.05, 4.69) is 17.1 Å². The number of pyridine rings is 1. The highest BCUT2D eigenvalue weighted by molar-refractivity contribution is 6.22. The van der Waals surface area contributed by atoms with Gasteiger partial charge in [0.1, 0.15) is 0 Å². The molecule has 0 spiro atoms. The molecule has 1 atom stereocenters. The number of carbonyl (C=O) groups excluding carboxylic acids is 1. The largest absolute Gasteiger partial charge is 0.341 e. The van der Waals surface area contributed by atoms with Gasteiger partial charge in [-0.15, -0.1) is 11.6 Å². The number of aromatic nitrogens is 1. The summed E-state index contributed by atoms with van der Waals surface area (Å²) < 4.78 is 0. The molecule has 1 saturated heterocycles. The summed E-state index contributed by atoms with van der Waals surface area (Å²) in [6.07, 6.45) is 3.13. The summed E-state index contributed by atoms with van der Waals surface area (Å²) in [4.78, 5) is 17.9. The van der Waals surface area contributed by atoms with Crippen molar-refractivity contribution >= 4 is 28.3 Å². The number of amides is 1. The van der Waals surface area contributed by atoms with E-state index in [1.165, 1.54) is 5.39 Å². The summed E-state index contributed by atoms with van der Waals surface area (Å²) in [7, 11) is 0. The zero-order valence-electron chi connectivity index (χ0n) is 10.6. The van der Waals surface area contributed by atoms with Crippen molar-refractivity contribution in [3.63, 3.8) is 0 Å². The van der Waals surface area contributed by atoms with E-state index in [1.54, 1.807) is 0 Å². The summed E-state index contributed by atoms with van der Waals surface area (Å²) >= 11 is 5.98. The van der Waals surface area contributed by atoms with E-state index in [0.717, 1.165) is 17.5 Å². The second-order valence-corrected chi connectivity index (χ2v) is 5.53. The lowest BCUT2D eigenvalue weighted by atomic mass is 10.1. The zero-order valence-corrected chi connectivity index (χ0v) is 11.3. The van der Waals surface area contributed by atoms with Gasteiger partial charge >= 0.3 is 0 Å². The van der Waals surface area contributed by atoms with Gasteiger partial charge in [-0.25, -0.2) is 0 Å². The molecule has 4 heteroatoms. The molecule has 1 aliphatic rings. The molecule has 1 aromatic carbocycles. The molecule has 0 radical (unpaired) electrons. The van der Waals surface area contributed by atoms with E-state index in [0.29, 0.717) is 19.5 Å². The number of hydrogen-bond donors (Lipinski definition) is 0. The fourth-order valence-corrected chi connectivity index (χ4v) is 2.75. The Hall–Kier alpha value is -1.61. The van der Waals surface area contributed by atoms with Crippen LogP contribution in [0, 0.1) is 0 Å². The van der Waals surface area contributed by atoms with Gasteiger partial charge in [-0.2, -0.15) is 0 Å². The van der Waals surface area contributed by atoms with E-state index in [4.69, 9.17) is 11.6 Å². The fraction of sp³-hybridized carbons (Fsp3) is 0.333. The first kappa shape index (κ1) is 12.4. The molecule has 1 aromatic heterocycles. The molecule has 3 rings (SSSR count). The van der Waals surface area contributed by atoms with Crippen LogP contribution in [-0.2, 0) is 11.2 Å². The molecule has 1 fully saturated rings. The van der Waals surface area contributed by atoms with E-state index >= 15 is 0 Å². The minimum absolute atomic E-state index is 0.0305. The van der Waals surface area contributed by atoms with E-state index in [1.807, 2.05) is 29.3 Å². The second kappa shape index (κ2) is 5.17. The maximum absolute atomic E-state index is 11.6. The average Bonchev–Trinajstić information content (AvgIpc) is 2.74. The van der Waals surface area contributed by atoms with Gasteiger partial charge in [0.25, 0.3) is 0 Å². The predicted octanol–water partition coefficient (Wildman–Crippen LogP) is 2.62. The van der Waals surface area contributed by atoms with Gasteiger partial charge in [0, 0.05) is 43.2 Å². The number of hydrogen-bond acceptors (Lipinski definition) is 2. The first-order valence-corrected chi connectivity index (χ1v) is 6.91. The number of likely N-dealkylation sites (tertiary alicyclic amines) is 1. The average molecular weight is 275 g/mol. The number of rotatable bonds is 3. The van der Waals surface area contributed by atoms with Crippen molar-refractivity contribution in [2.24, 2.45) is 0 Å². The maximum Gasteiger partial charge on any atom is 0.224 e. The van der Waals surface area contributed by atoms with Crippen molar-refractivity contribution in [3.05, 3.63) is 42.2 Å². The molecule has 19 heavy (non-hydrogen) atoms. The summed E-state index contributed by atoms with van der Waals surface area (Å²) in [5.41, 5.74) is 1.02. The molecule has 0 saturated carbocycles. The Bertz CT molecular complexity index is 614. The highest BCUT2D eigenvalue weighted by Crippen LogP contribution is 2.17. The molecule has 1 unspecified atom stereocenters. The van der Waals surface area contributed by atoms with Crippen LogP contribution in [0.1, 0.15) is 12.1 Å². The normalized spacial score (nSPS) is 19.3. The minimum Gasteiger partial charge on any atom is -0.341 e. The van der Waals surface area contributed by atoms with Crippen LogP contribution in [0.3, 0.4) is 0 Å². The Morgan fingerprint density at radius 1 is 1.32 bits per heavy atom. The molecular formula is C15H15ClN2O. The second-order valence-electron chi connectivity index (χ2n) is 4.91. The quantitative estimate of drug-likeness (QED) is 0.806. The number of fused-ring (bicyclic) bond motifs is 1. The van der Waals surface area contributed by atoms with Crippen molar-refractivity contribution < 1.29 is 4.79 Å². The van der Waals surface area contributed by atoms with Crippen LogP contribution in [0.25, 0.3) is 10.8 Å². The molecule has 0 bridgehead atoms. The smallest absolute Gasteiger partial charge is 0.224 e. The van der Waals surface area contributed by atoms with Crippen LogP contribution < -0.4 is 0 Å². The Kier molecular flexibility index (Phi) is 3.38. The number of carbonyl (C=O) groups is 1. The van der Waals surface area contributed by atoms with Gasteiger partial charge in [-0.3, -0.25) is 9.78 Å². The third-order valence-corrected chi connectivity index (χ3v) is 3.79. The van der Waals surface area contributed by atoms with Gasteiger partial charge in [0.05, 0.1) is 5.38 Å². The van der Waals surface area contributed by atoms with Crippen molar-refractivity contribution in [1.82, 2.24) is 9.88 Å². The van der Waals surface area contributed by atoms with Crippen LogP contribution in [0.4, 0.5) is 0 Å². The Morgan fingerprint density at radius 3 is 2.84 bits per heavy atom. The highest BCUT2D eigenvalue weighted by Gasteiger charge is 2.27. The summed E-state index contributed by atoms with van der Waals surface area (Å²) in [5, 5.41) is 2.30. The Balaban J connectivity index is 1.70. The molecule has 1 amide bonds. The molecular weight excluding hydrogens is 260 g/mol. The van der Waals surface area contributed by atoms with Crippen molar-refractivity contribution in [2.75, 3.05) is 13.1 Å².